The smallest absolute Gasteiger partial charge is 0.349 e. The number of benzene rings is 1. The summed E-state index contributed by atoms with van der Waals surface area (Å²) in [6, 6.07) is 8.97. The highest BCUT2D eigenvalue weighted by atomic mass is 16.5. The van der Waals surface area contributed by atoms with Gasteiger partial charge in [0.25, 0.3) is 5.91 Å². The van der Waals surface area contributed by atoms with Gasteiger partial charge in [0.15, 0.2) is 0 Å². The number of carbonyl (C=O) groups is 1. The Morgan fingerprint density at radius 1 is 1.24 bits per heavy atom. The third kappa shape index (κ3) is 4.08. The molecule has 0 aliphatic carbocycles. The van der Waals surface area contributed by atoms with Gasteiger partial charge in [-0.05, 0) is 18.1 Å². The van der Waals surface area contributed by atoms with Crippen LogP contribution in [0, 0.1) is 5.92 Å². The minimum Gasteiger partial charge on any atom is -0.422 e. The molecule has 0 saturated carbocycles. The molecule has 1 N–H and O–H groups in total. The molecular formula is C19H24N2O4. The molecule has 6 heteroatoms. The van der Waals surface area contributed by atoms with E-state index in [2.05, 4.69) is 24.1 Å². The summed E-state index contributed by atoms with van der Waals surface area (Å²) < 4.78 is 10.6. The maximum Gasteiger partial charge on any atom is 0.349 e. The van der Waals surface area contributed by atoms with Gasteiger partial charge in [0.2, 0.25) is 0 Å². The molecule has 1 aliphatic heterocycles. The van der Waals surface area contributed by atoms with E-state index in [4.69, 9.17) is 9.15 Å². The molecule has 6 nitrogen and oxygen atoms in total. The summed E-state index contributed by atoms with van der Waals surface area (Å²) in [7, 11) is 0. The van der Waals surface area contributed by atoms with E-state index in [0.717, 1.165) is 18.5 Å². The fraction of sp³-hybridized carbons (Fsp3) is 0.474. The second-order valence-corrected chi connectivity index (χ2v) is 6.66. The Hall–Kier alpha value is -2.18. The van der Waals surface area contributed by atoms with E-state index in [9.17, 15) is 9.59 Å². The first-order valence-electron chi connectivity index (χ1n) is 8.69. The predicted octanol–water partition coefficient (Wildman–Crippen LogP) is 1.88. The average Bonchev–Trinajstić information content (AvgIpc) is 2.61. The van der Waals surface area contributed by atoms with Crippen LogP contribution in [-0.4, -0.2) is 49.7 Å². The number of carbonyl (C=O) groups excluding carboxylic acids is 1. The van der Waals surface area contributed by atoms with E-state index in [1.54, 1.807) is 18.2 Å². The first kappa shape index (κ1) is 17.6. The van der Waals surface area contributed by atoms with Gasteiger partial charge in [-0.15, -0.1) is 0 Å². The molecule has 2 heterocycles. The van der Waals surface area contributed by atoms with Crippen LogP contribution in [0.3, 0.4) is 0 Å². The summed E-state index contributed by atoms with van der Waals surface area (Å²) in [6.07, 6.45) is 0. The Morgan fingerprint density at radius 2 is 1.96 bits per heavy atom. The lowest BCUT2D eigenvalue weighted by Crippen LogP contribution is -2.51. The van der Waals surface area contributed by atoms with Crippen molar-refractivity contribution in [3.05, 3.63) is 46.3 Å². The van der Waals surface area contributed by atoms with Crippen molar-refractivity contribution in [2.24, 2.45) is 5.92 Å². The number of amides is 1. The van der Waals surface area contributed by atoms with Crippen LogP contribution in [-0.2, 0) is 4.74 Å². The molecule has 1 aliphatic rings. The molecule has 134 valence electrons. The number of ether oxygens (including phenoxy) is 1. The van der Waals surface area contributed by atoms with E-state index in [1.165, 1.54) is 0 Å². The predicted molar refractivity (Wildman–Crippen MR) is 95.8 cm³/mol. The minimum atomic E-state index is -0.608. The molecule has 1 aromatic carbocycles. The molecule has 0 radical (unpaired) electrons. The number of rotatable bonds is 5. The molecule has 0 bridgehead atoms. The minimum absolute atomic E-state index is 0.0446. The number of fused-ring (bicyclic) bond motifs is 1. The van der Waals surface area contributed by atoms with Gasteiger partial charge < -0.3 is 14.5 Å². The highest BCUT2D eigenvalue weighted by Crippen LogP contribution is 2.14. The maximum atomic E-state index is 12.5. The van der Waals surface area contributed by atoms with Crippen LogP contribution in [0.2, 0.25) is 0 Å². The zero-order valence-electron chi connectivity index (χ0n) is 14.7. The van der Waals surface area contributed by atoms with Crippen LogP contribution < -0.4 is 10.9 Å². The molecule has 2 aromatic rings. The zero-order chi connectivity index (χ0) is 17.8. The molecule has 1 atom stereocenters. The molecular weight excluding hydrogens is 320 g/mol. The van der Waals surface area contributed by atoms with Gasteiger partial charge in [-0.1, -0.05) is 32.0 Å². The second-order valence-electron chi connectivity index (χ2n) is 6.66. The molecule has 1 fully saturated rings. The quantitative estimate of drug-likeness (QED) is 0.839. The highest BCUT2D eigenvalue weighted by molar-refractivity contribution is 5.96. The van der Waals surface area contributed by atoms with Crippen molar-refractivity contribution in [2.45, 2.75) is 19.9 Å². The van der Waals surface area contributed by atoms with Gasteiger partial charge in [-0.25, -0.2) is 4.79 Å². The lowest BCUT2D eigenvalue weighted by Gasteiger charge is -2.36. The van der Waals surface area contributed by atoms with E-state index in [-0.39, 0.29) is 11.6 Å². The first-order valence-corrected chi connectivity index (χ1v) is 8.69. The average molecular weight is 344 g/mol. The van der Waals surface area contributed by atoms with Gasteiger partial charge in [0, 0.05) is 31.1 Å². The maximum absolute atomic E-state index is 12.5. The topological polar surface area (TPSA) is 71.8 Å². The van der Waals surface area contributed by atoms with Crippen LogP contribution in [0.25, 0.3) is 11.0 Å². The van der Waals surface area contributed by atoms with Gasteiger partial charge in [0.05, 0.1) is 13.2 Å². The van der Waals surface area contributed by atoms with Crippen molar-refractivity contribution >= 4 is 16.9 Å². The van der Waals surface area contributed by atoms with Crippen LogP contribution in [0.5, 0.6) is 0 Å². The van der Waals surface area contributed by atoms with Crippen LogP contribution in [0.1, 0.15) is 24.2 Å². The third-order valence-corrected chi connectivity index (χ3v) is 4.64. The monoisotopic (exact) mass is 344 g/mol. The van der Waals surface area contributed by atoms with Crippen LogP contribution >= 0.6 is 0 Å². The standard InChI is InChI=1S/C19H24N2O4/c1-13(2)16(21-7-9-24-10-8-21)12-20-18(22)15-11-14-5-3-4-6-17(14)25-19(15)23/h3-6,11,13,16H,7-10,12H2,1-2H3,(H,20,22). The van der Waals surface area contributed by atoms with Crippen molar-refractivity contribution in [1.82, 2.24) is 10.2 Å². The number of para-hydroxylation sites is 1. The molecule has 1 aromatic heterocycles. The fourth-order valence-corrected chi connectivity index (χ4v) is 3.21. The number of nitrogens with one attached hydrogen (secondary N) is 1. The van der Waals surface area contributed by atoms with Gasteiger partial charge in [0.1, 0.15) is 11.1 Å². The van der Waals surface area contributed by atoms with Crippen molar-refractivity contribution in [3.63, 3.8) is 0 Å². The lowest BCUT2D eigenvalue weighted by atomic mass is 10.0. The van der Waals surface area contributed by atoms with Gasteiger partial charge in [-0.2, -0.15) is 0 Å². The molecule has 25 heavy (non-hydrogen) atoms. The first-order chi connectivity index (χ1) is 12.1. The normalized spacial score (nSPS) is 16.9. The van der Waals surface area contributed by atoms with Crippen molar-refractivity contribution in [2.75, 3.05) is 32.8 Å². The van der Waals surface area contributed by atoms with Gasteiger partial charge >= 0.3 is 5.63 Å². The van der Waals surface area contributed by atoms with Crippen LogP contribution in [0.15, 0.2) is 39.5 Å². The summed E-state index contributed by atoms with van der Waals surface area (Å²) in [4.78, 5) is 26.9. The Morgan fingerprint density at radius 3 is 2.68 bits per heavy atom. The Kier molecular flexibility index (Phi) is 5.50. The largest absolute Gasteiger partial charge is 0.422 e. The fourth-order valence-electron chi connectivity index (χ4n) is 3.21. The molecule has 3 rings (SSSR count). The Balaban J connectivity index is 1.72. The SMILES string of the molecule is CC(C)C(CNC(=O)c1cc2ccccc2oc1=O)N1CCOCC1. The number of nitrogens with zero attached hydrogens (tertiary/aromatic N) is 1. The van der Waals surface area contributed by atoms with Crippen molar-refractivity contribution in [1.29, 1.82) is 0 Å². The molecule has 1 saturated heterocycles. The second kappa shape index (κ2) is 7.80. The van der Waals surface area contributed by atoms with E-state index >= 15 is 0 Å². The molecule has 1 amide bonds. The summed E-state index contributed by atoms with van der Waals surface area (Å²) in [5, 5.41) is 3.64. The number of morpholine rings is 1. The van der Waals surface area contributed by atoms with E-state index in [1.807, 2.05) is 12.1 Å². The zero-order valence-corrected chi connectivity index (χ0v) is 14.7. The summed E-state index contributed by atoms with van der Waals surface area (Å²) in [6.45, 7) is 7.90. The van der Waals surface area contributed by atoms with E-state index in [0.29, 0.717) is 31.3 Å². The highest BCUT2D eigenvalue weighted by Gasteiger charge is 2.25. The van der Waals surface area contributed by atoms with Crippen molar-refractivity contribution in [3.8, 4) is 0 Å². The summed E-state index contributed by atoms with van der Waals surface area (Å²) in [5.74, 6) is -0.00942. The third-order valence-electron chi connectivity index (χ3n) is 4.64. The molecule has 0 spiro atoms. The Bertz CT molecular complexity index is 793. The summed E-state index contributed by atoms with van der Waals surface area (Å²) >= 11 is 0. The molecule has 1 unspecified atom stereocenters. The summed E-state index contributed by atoms with van der Waals surface area (Å²) in [5.41, 5.74) is -0.0794. The lowest BCUT2D eigenvalue weighted by molar-refractivity contribution is 0.00672. The number of hydrogen-bond acceptors (Lipinski definition) is 5. The number of hydrogen-bond donors (Lipinski definition) is 1. The Labute approximate surface area is 146 Å². The van der Waals surface area contributed by atoms with Crippen LogP contribution in [0.4, 0.5) is 0 Å². The van der Waals surface area contributed by atoms with E-state index < -0.39 is 11.5 Å². The van der Waals surface area contributed by atoms with Gasteiger partial charge in [-0.3, -0.25) is 9.69 Å². The van der Waals surface area contributed by atoms with Crippen molar-refractivity contribution < 1.29 is 13.9 Å².